The van der Waals surface area contributed by atoms with Crippen molar-refractivity contribution in [3.63, 3.8) is 0 Å². The Kier molecular flexibility index (Phi) is 1.46. The van der Waals surface area contributed by atoms with Crippen LogP contribution in [-0.2, 0) is 5.67 Å². The second-order valence-electron chi connectivity index (χ2n) is 3.99. The van der Waals surface area contributed by atoms with Gasteiger partial charge in [-0.2, -0.15) is 0 Å². The third-order valence-corrected chi connectivity index (χ3v) is 2.96. The van der Waals surface area contributed by atoms with Crippen molar-refractivity contribution in [1.82, 2.24) is 0 Å². The van der Waals surface area contributed by atoms with Crippen LogP contribution >= 0.6 is 0 Å². The van der Waals surface area contributed by atoms with Crippen molar-refractivity contribution in [3.05, 3.63) is 48.0 Å². The Labute approximate surface area is 82.4 Å². The van der Waals surface area contributed by atoms with Gasteiger partial charge in [0, 0.05) is 0 Å². The van der Waals surface area contributed by atoms with E-state index in [1.807, 2.05) is 42.5 Å². The van der Waals surface area contributed by atoms with Crippen LogP contribution in [0.3, 0.4) is 0 Å². The molecule has 0 atom stereocenters. The number of hydrogen-bond donors (Lipinski definition) is 0. The van der Waals surface area contributed by atoms with Crippen LogP contribution < -0.4 is 0 Å². The van der Waals surface area contributed by atoms with E-state index in [-0.39, 0.29) is 0 Å². The molecule has 2 aromatic carbocycles. The second kappa shape index (κ2) is 2.57. The van der Waals surface area contributed by atoms with Crippen molar-refractivity contribution >= 4 is 10.8 Å². The molecule has 1 aliphatic carbocycles. The van der Waals surface area contributed by atoms with Gasteiger partial charge >= 0.3 is 0 Å². The largest absolute Gasteiger partial charge is 0.239 e. The van der Waals surface area contributed by atoms with Crippen LogP contribution in [-0.4, -0.2) is 0 Å². The van der Waals surface area contributed by atoms with Crippen molar-refractivity contribution in [1.29, 1.82) is 0 Å². The molecular weight excluding hydrogens is 175 g/mol. The van der Waals surface area contributed by atoms with Gasteiger partial charge in [0.15, 0.2) is 0 Å². The first-order valence-corrected chi connectivity index (χ1v) is 4.97. The Morgan fingerprint density at radius 3 is 2.43 bits per heavy atom. The van der Waals surface area contributed by atoms with Crippen LogP contribution in [0.2, 0.25) is 0 Å². The predicted octanol–water partition coefficient (Wildman–Crippen LogP) is 3.80. The summed E-state index contributed by atoms with van der Waals surface area (Å²) in [6.45, 7) is 0. The molecule has 0 heterocycles. The van der Waals surface area contributed by atoms with Crippen LogP contribution in [0, 0.1) is 0 Å². The number of alkyl halides is 1. The number of hydrogen-bond acceptors (Lipinski definition) is 0. The van der Waals surface area contributed by atoms with Crippen LogP contribution in [0.4, 0.5) is 4.39 Å². The van der Waals surface area contributed by atoms with E-state index < -0.39 is 5.67 Å². The average molecular weight is 186 g/mol. The van der Waals surface area contributed by atoms with Crippen molar-refractivity contribution in [2.75, 3.05) is 0 Å². The summed E-state index contributed by atoms with van der Waals surface area (Å²) < 4.78 is 14.0. The minimum Gasteiger partial charge on any atom is -0.239 e. The first-order chi connectivity index (χ1) is 6.80. The molecular formula is C13H11F. The van der Waals surface area contributed by atoms with Gasteiger partial charge in [-0.15, -0.1) is 0 Å². The highest BCUT2D eigenvalue weighted by atomic mass is 19.1. The van der Waals surface area contributed by atoms with E-state index in [9.17, 15) is 4.39 Å². The number of rotatable bonds is 1. The summed E-state index contributed by atoms with van der Waals surface area (Å²) in [6.07, 6.45) is 1.36. The van der Waals surface area contributed by atoms with Gasteiger partial charge in [-0.25, -0.2) is 4.39 Å². The second-order valence-corrected chi connectivity index (χ2v) is 3.99. The summed E-state index contributed by atoms with van der Waals surface area (Å²) in [5, 5.41) is 2.20. The molecule has 2 aromatic rings. The minimum atomic E-state index is -1.03. The highest BCUT2D eigenvalue weighted by Crippen LogP contribution is 2.51. The molecule has 14 heavy (non-hydrogen) atoms. The first kappa shape index (κ1) is 7.98. The quantitative estimate of drug-likeness (QED) is 0.635. The molecule has 0 N–H and O–H groups in total. The summed E-state index contributed by atoms with van der Waals surface area (Å²) in [4.78, 5) is 0. The third kappa shape index (κ3) is 1.05. The molecule has 1 heteroatoms. The Morgan fingerprint density at radius 2 is 1.64 bits per heavy atom. The Hall–Kier alpha value is -1.37. The Morgan fingerprint density at radius 1 is 0.929 bits per heavy atom. The Bertz CT molecular complexity index is 478. The van der Waals surface area contributed by atoms with Crippen molar-refractivity contribution in [2.24, 2.45) is 0 Å². The molecule has 0 nitrogen and oxygen atoms in total. The van der Waals surface area contributed by atoms with Gasteiger partial charge < -0.3 is 0 Å². The highest BCUT2D eigenvalue weighted by molar-refractivity contribution is 5.86. The minimum absolute atomic E-state index is 0.682. The summed E-state index contributed by atoms with van der Waals surface area (Å²) >= 11 is 0. The first-order valence-electron chi connectivity index (χ1n) is 4.97. The maximum Gasteiger partial charge on any atom is 0.136 e. The fourth-order valence-corrected chi connectivity index (χ4v) is 2.00. The van der Waals surface area contributed by atoms with E-state index in [0.717, 1.165) is 16.3 Å². The molecule has 0 aliphatic heterocycles. The molecule has 0 unspecified atom stereocenters. The molecule has 0 amide bonds. The lowest BCUT2D eigenvalue weighted by atomic mass is 10.00. The lowest BCUT2D eigenvalue weighted by molar-refractivity contribution is 0.320. The van der Waals surface area contributed by atoms with E-state index >= 15 is 0 Å². The predicted molar refractivity (Wildman–Crippen MR) is 56.0 cm³/mol. The van der Waals surface area contributed by atoms with Gasteiger partial charge in [0.05, 0.1) is 0 Å². The molecule has 1 fully saturated rings. The van der Waals surface area contributed by atoms with Gasteiger partial charge in [0.25, 0.3) is 0 Å². The van der Waals surface area contributed by atoms with Gasteiger partial charge in [-0.3, -0.25) is 0 Å². The average Bonchev–Trinajstić information content (AvgIpc) is 2.97. The van der Waals surface area contributed by atoms with Crippen molar-refractivity contribution in [3.8, 4) is 0 Å². The number of halogens is 1. The topological polar surface area (TPSA) is 0 Å². The van der Waals surface area contributed by atoms with E-state index in [2.05, 4.69) is 0 Å². The summed E-state index contributed by atoms with van der Waals surface area (Å²) in [5.74, 6) is 0. The molecule has 70 valence electrons. The van der Waals surface area contributed by atoms with E-state index in [4.69, 9.17) is 0 Å². The highest BCUT2D eigenvalue weighted by Gasteiger charge is 2.45. The lowest BCUT2D eigenvalue weighted by Gasteiger charge is -2.09. The zero-order valence-corrected chi connectivity index (χ0v) is 7.83. The molecule has 0 aromatic heterocycles. The molecule has 1 saturated carbocycles. The summed E-state index contributed by atoms with van der Waals surface area (Å²) in [6, 6.07) is 13.9. The third-order valence-electron chi connectivity index (χ3n) is 2.96. The summed E-state index contributed by atoms with van der Waals surface area (Å²) in [5.41, 5.74) is -0.156. The van der Waals surface area contributed by atoms with E-state index in [1.165, 1.54) is 0 Å². The summed E-state index contributed by atoms with van der Waals surface area (Å²) in [7, 11) is 0. The van der Waals surface area contributed by atoms with Crippen LogP contribution in [0.15, 0.2) is 42.5 Å². The van der Waals surface area contributed by atoms with Gasteiger partial charge in [0.2, 0.25) is 0 Å². The van der Waals surface area contributed by atoms with Crippen LogP contribution in [0.25, 0.3) is 10.8 Å². The normalized spacial score (nSPS) is 18.4. The maximum absolute atomic E-state index is 14.0. The van der Waals surface area contributed by atoms with Crippen LogP contribution in [0.5, 0.6) is 0 Å². The van der Waals surface area contributed by atoms with Crippen molar-refractivity contribution in [2.45, 2.75) is 18.5 Å². The molecule has 0 bridgehead atoms. The van der Waals surface area contributed by atoms with Gasteiger partial charge in [-0.1, -0.05) is 42.5 Å². The van der Waals surface area contributed by atoms with E-state index in [1.54, 1.807) is 0 Å². The Balaban J connectivity index is 2.33. The van der Waals surface area contributed by atoms with Gasteiger partial charge in [-0.05, 0) is 29.2 Å². The van der Waals surface area contributed by atoms with Gasteiger partial charge in [0.1, 0.15) is 5.67 Å². The molecule has 1 aliphatic rings. The molecule has 0 saturated heterocycles. The number of fused-ring (bicyclic) bond motifs is 1. The maximum atomic E-state index is 14.0. The molecule has 0 spiro atoms. The fourth-order valence-electron chi connectivity index (χ4n) is 2.00. The van der Waals surface area contributed by atoms with Crippen molar-refractivity contribution < 1.29 is 4.39 Å². The van der Waals surface area contributed by atoms with Crippen LogP contribution in [0.1, 0.15) is 18.4 Å². The fraction of sp³-hybridized carbons (Fsp3) is 0.231. The lowest BCUT2D eigenvalue weighted by Crippen LogP contribution is -1.97. The monoisotopic (exact) mass is 186 g/mol. The number of benzene rings is 2. The zero-order valence-electron chi connectivity index (χ0n) is 7.83. The SMILES string of the molecule is FC1(c2cccc3ccccc23)CC1. The standard InChI is InChI=1S/C13H11F/c14-13(8-9-13)12-7-3-5-10-4-1-2-6-11(10)12/h1-7H,8-9H2. The smallest absolute Gasteiger partial charge is 0.136 e. The van der Waals surface area contributed by atoms with E-state index in [0.29, 0.717) is 12.8 Å². The molecule has 3 rings (SSSR count). The zero-order chi connectivity index (χ0) is 9.60. The molecule has 0 radical (unpaired) electrons.